The summed E-state index contributed by atoms with van der Waals surface area (Å²) in [5.74, 6) is -0.448. The molecule has 2 N–H and O–H groups in total. The topological polar surface area (TPSA) is 48.1 Å². The van der Waals surface area contributed by atoms with Crippen molar-refractivity contribution in [2.24, 2.45) is 0 Å². The number of carbonyl (C=O) groups is 1. The lowest BCUT2D eigenvalue weighted by Crippen LogP contribution is -2.44. The smallest absolute Gasteiger partial charge is 0.361 e. The molecule has 3 aromatic rings. The Kier molecular flexibility index (Phi) is 5.39. The second kappa shape index (κ2) is 7.99. The molecule has 156 valence electrons. The minimum atomic E-state index is -4.52. The first-order valence-corrected chi connectivity index (χ1v) is 9.81. The van der Waals surface area contributed by atoms with Gasteiger partial charge in [-0.1, -0.05) is 36.4 Å². The van der Waals surface area contributed by atoms with E-state index in [2.05, 4.69) is 22.4 Å². The molecule has 0 saturated heterocycles. The van der Waals surface area contributed by atoms with E-state index in [4.69, 9.17) is 0 Å². The molecule has 1 aliphatic rings. The molecule has 0 spiro atoms. The molecule has 0 unspecified atom stereocenters. The summed E-state index contributed by atoms with van der Waals surface area (Å²) >= 11 is 0. The highest BCUT2D eigenvalue weighted by Gasteiger charge is 2.34. The number of rotatable bonds is 4. The van der Waals surface area contributed by atoms with Gasteiger partial charge in [-0.25, -0.2) is 0 Å². The van der Waals surface area contributed by atoms with Crippen LogP contribution in [-0.2, 0) is 11.0 Å². The minimum Gasteiger partial charge on any atom is -0.361 e. The molecule has 4 rings (SSSR count). The molecular weight excluding hydrogens is 391 g/mol. The van der Waals surface area contributed by atoms with E-state index < -0.39 is 23.7 Å². The second-order valence-corrected chi connectivity index (χ2v) is 7.43. The van der Waals surface area contributed by atoms with Gasteiger partial charge < -0.3 is 10.3 Å². The van der Waals surface area contributed by atoms with Crippen molar-refractivity contribution in [3.63, 3.8) is 0 Å². The van der Waals surface area contributed by atoms with Gasteiger partial charge in [0, 0.05) is 35.8 Å². The Balaban J connectivity index is 1.46. The van der Waals surface area contributed by atoms with E-state index in [9.17, 15) is 18.0 Å². The molecule has 7 heteroatoms. The van der Waals surface area contributed by atoms with Crippen LogP contribution in [0.2, 0.25) is 0 Å². The fraction of sp³-hybridized carbons (Fsp3) is 0.261. The standard InChI is InChI=1S/C23H22F3N3O/c1-15(22(30)28-21-9-5-3-7-19(21)23(24,25)26)29-12-10-16(11-13-29)18-14-27-20-8-4-2-6-17(18)20/h2-10,14-15,27H,11-13H2,1H3,(H,28,30)/t15-/m1/s1. The monoisotopic (exact) mass is 413 g/mol. The molecule has 1 aromatic heterocycles. The summed E-state index contributed by atoms with van der Waals surface area (Å²) in [6.07, 6.45) is 0.330. The summed E-state index contributed by atoms with van der Waals surface area (Å²) in [5, 5.41) is 3.61. The van der Waals surface area contributed by atoms with E-state index in [1.54, 1.807) is 6.92 Å². The number of hydrogen-bond donors (Lipinski definition) is 2. The number of nitrogens with zero attached hydrogens (tertiary/aromatic N) is 1. The van der Waals surface area contributed by atoms with Crippen LogP contribution >= 0.6 is 0 Å². The Morgan fingerprint density at radius 2 is 1.87 bits per heavy atom. The van der Waals surface area contributed by atoms with E-state index in [-0.39, 0.29) is 5.69 Å². The minimum absolute atomic E-state index is 0.214. The number of anilines is 1. The molecule has 1 amide bonds. The average molecular weight is 413 g/mol. The molecule has 0 bridgehead atoms. The zero-order valence-corrected chi connectivity index (χ0v) is 16.5. The molecule has 2 aromatic carbocycles. The second-order valence-electron chi connectivity index (χ2n) is 7.43. The molecule has 2 heterocycles. The van der Waals surface area contributed by atoms with Crippen LogP contribution in [0, 0.1) is 0 Å². The number of aromatic nitrogens is 1. The summed E-state index contributed by atoms with van der Waals surface area (Å²) in [6.45, 7) is 2.93. The Labute approximate surface area is 172 Å². The summed E-state index contributed by atoms with van der Waals surface area (Å²) in [7, 11) is 0. The van der Waals surface area contributed by atoms with Gasteiger partial charge in [-0.05, 0) is 37.1 Å². The third kappa shape index (κ3) is 3.98. The van der Waals surface area contributed by atoms with Gasteiger partial charge >= 0.3 is 6.18 Å². The lowest BCUT2D eigenvalue weighted by atomic mass is 9.98. The van der Waals surface area contributed by atoms with Crippen LogP contribution in [0.3, 0.4) is 0 Å². The van der Waals surface area contributed by atoms with Gasteiger partial charge in [0.1, 0.15) is 0 Å². The normalized spacial score (nSPS) is 16.3. The van der Waals surface area contributed by atoms with Crippen LogP contribution in [0.15, 0.2) is 60.8 Å². The van der Waals surface area contributed by atoms with Crippen molar-refractivity contribution >= 4 is 28.1 Å². The number of halogens is 3. The number of aromatic amines is 1. The third-order valence-corrected chi connectivity index (χ3v) is 5.59. The van der Waals surface area contributed by atoms with E-state index in [0.717, 1.165) is 29.0 Å². The number of amides is 1. The largest absolute Gasteiger partial charge is 0.418 e. The molecule has 0 fully saturated rings. The quantitative estimate of drug-likeness (QED) is 0.610. The fourth-order valence-electron chi connectivity index (χ4n) is 3.86. The van der Waals surface area contributed by atoms with Crippen LogP contribution in [0.4, 0.5) is 18.9 Å². The number of para-hydroxylation sites is 2. The van der Waals surface area contributed by atoms with Crippen molar-refractivity contribution in [2.45, 2.75) is 25.6 Å². The molecule has 1 atom stereocenters. The maximum absolute atomic E-state index is 13.2. The summed E-state index contributed by atoms with van der Waals surface area (Å²) in [6, 6.07) is 12.6. The fourth-order valence-corrected chi connectivity index (χ4v) is 3.86. The van der Waals surface area contributed by atoms with Gasteiger partial charge in [-0.2, -0.15) is 13.2 Å². The summed E-state index contributed by atoms with van der Waals surface area (Å²) in [4.78, 5) is 17.9. The Morgan fingerprint density at radius 3 is 2.60 bits per heavy atom. The lowest BCUT2D eigenvalue weighted by molar-refractivity contribution is -0.137. The predicted octanol–water partition coefficient (Wildman–Crippen LogP) is 5.30. The van der Waals surface area contributed by atoms with Gasteiger partial charge in [-0.3, -0.25) is 9.69 Å². The first kappa shape index (κ1) is 20.2. The maximum Gasteiger partial charge on any atom is 0.418 e. The molecule has 4 nitrogen and oxygen atoms in total. The molecular formula is C23H22F3N3O. The van der Waals surface area contributed by atoms with Crippen LogP contribution in [0.1, 0.15) is 24.5 Å². The van der Waals surface area contributed by atoms with Crippen LogP contribution < -0.4 is 5.32 Å². The van der Waals surface area contributed by atoms with Crippen molar-refractivity contribution in [3.8, 4) is 0 Å². The number of hydrogen-bond acceptors (Lipinski definition) is 2. The molecule has 1 aliphatic heterocycles. The Morgan fingerprint density at radius 1 is 1.13 bits per heavy atom. The van der Waals surface area contributed by atoms with Crippen LogP contribution in [0.5, 0.6) is 0 Å². The number of fused-ring (bicyclic) bond motifs is 1. The number of nitrogens with one attached hydrogen (secondary N) is 2. The highest BCUT2D eigenvalue weighted by atomic mass is 19.4. The first-order valence-electron chi connectivity index (χ1n) is 9.81. The zero-order valence-electron chi connectivity index (χ0n) is 16.5. The highest BCUT2D eigenvalue weighted by Crippen LogP contribution is 2.35. The van der Waals surface area contributed by atoms with E-state index in [1.165, 1.54) is 23.8 Å². The maximum atomic E-state index is 13.2. The SMILES string of the molecule is C[C@H](C(=O)Nc1ccccc1C(F)(F)F)N1CC=C(c2c[nH]c3ccccc23)CC1. The van der Waals surface area contributed by atoms with Crippen LogP contribution in [-0.4, -0.2) is 34.9 Å². The lowest BCUT2D eigenvalue weighted by Gasteiger charge is -2.31. The number of H-pyrrole nitrogens is 1. The van der Waals surface area contributed by atoms with Crippen molar-refractivity contribution < 1.29 is 18.0 Å². The molecule has 0 saturated carbocycles. The van der Waals surface area contributed by atoms with Crippen molar-refractivity contribution in [3.05, 3.63) is 71.9 Å². The average Bonchev–Trinajstić information content (AvgIpc) is 3.17. The van der Waals surface area contributed by atoms with E-state index in [1.807, 2.05) is 29.3 Å². The van der Waals surface area contributed by atoms with Gasteiger partial charge in [0.2, 0.25) is 5.91 Å². The number of alkyl halides is 3. The highest BCUT2D eigenvalue weighted by molar-refractivity contribution is 5.96. The number of carbonyl (C=O) groups excluding carboxylic acids is 1. The summed E-state index contributed by atoms with van der Waals surface area (Å²) < 4.78 is 39.5. The molecule has 30 heavy (non-hydrogen) atoms. The first-order chi connectivity index (χ1) is 14.3. The Hall–Kier alpha value is -3.06. The van der Waals surface area contributed by atoms with Crippen LogP contribution in [0.25, 0.3) is 16.5 Å². The van der Waals surface area contributed by atoms with E-state index in [0.29, 0.717) is 13.1 Å². The molecule has 0 aliphatic carbocycles. The van der Waals surface area contributed by atoms with Gasteiger partial charge in [0.25, 0.3) is 0 Å². The van der Waals surface area contributed by atoms with Gasteiger partial charge in [0.15, 0.2) is 0 Å². The van der Waals surface area contributed by atoms with Crippen molar-refractivity contribution in [1.82, 2.24) is 9.88 Å². The zero-order chi connectivity index (χ0) is 21.3. The van der Waals surface area contributed by atoms with Crippen molar-refractivity contribution in [2.75, 3.05) is 18.4 Å². The van der Waals surface area contributed by atoms with E-state index >= 15 is 0 Å². The number of benzene rings is 2. The third-order valence-electron chi connectivity index (χ3n) is 5.59. The summed E-state index contributed by atoms with van der Waals surface area (Å²) in [5.41, 5.74) is 2.38. The molecule has 0 radical (unpaired) electrons. The van der Waals surface area contributed by atoms with Gasteiger partial charge in [-0.15, -0.1) is 0 Å². The van der Waals surface area contributed by atoms with Crippen molar-refractivity contribution in [1.29, 1.82) is 0 Å². The van der Waals surface area contributed by atoms with Gasteiger partial charge in [0.05, 0.1) is 17.3 Å². The predicted molar refractivity (Wildman–Crippen MR) is 112 cm³/mol. The Bertz CT molecular complexity index is 1100.